The third kappa shape index (κ3) is 3.18. The molecule has 4 nitrogen and oxygen atoms in total. The van der Waals surface area contributed by atoms with E-state index >= 15 is 0 Å². The van der Waals surface area contributed by atoms with E-state index in [0.29, 0.717) is 0 Å². The van der Waals surface area contributed by atoms with Crippen molar-refractivity contribution in [3.05, 3.63) is 133 Å². The molecule has 0 aliphatic rings. The molecule has 0 atom stereocenters. The number of hydrogen-bond acceptors (Lipinski definition) is 3. The summed E-state index contributed by atoms with van der Waals surface area (Å²) in [5.41, 5.74) is 12.3. The summed E-state index contributed by atoms with van der Waals surface area (Å²) in [6.07, 6.45) is 0. The third-order valence-electron chi connectivity index (χ3n) is 8.79. The standard InChI is InChI=1S/C39H22N2O2/c1-2-9-29-28(8-1)38-37(41-33-11-5-4-10-32(33)40-39(29)41)31-22-26(18-20-36(31)43-38)24-15-13-23(14-16-24)25-17-19-35-30(21-25)27-7-3-6-12-34(27)42-35/h1-22H. The quantitative estimate of drug-likeness (QED) is 0.215. The number of nitrogens with zero attached hydrogens (tertiary/aromatic N) is 2. The summed E-state index contributed by atoms with van der Waals surface area (Å²) < 4.78 is 14.9. The molecule has 0 bridgehead atoms. The number of hydrogen-bond donors (Lipinski definition) is 0. The highest BCUT2D eigenvalue weighted by Gasteiger charge is 2.19. The maximum Gasteiger partial charge on any atom is 0.160 e. The minimum atomic E-state index is 0.867. The molecule has 4 aromatic heterocycles. The van der Waals surface area contributed by atoms with E-state index in [2.05, 4.69) is 120 Å². The van der Waals surface area contributed by atoms with Gasteiger partial charge in [-0.2, -0.15) is 0 Å². The summed E-state index contributed by atoms with van der Waals surface area (Å²) in [4.78, 5) is 5.05. The molecule has 10 aromatic rings. The Hall–Kier alpha value is -5.87. The van der Waals surface area contributed by atoms with Crippen LogP contribution in [0, 0.1) is 0 Å². The molecule has 0 unspecified atom stereocenters. The van der Waals surface area contributed by atoms with Gasteiger partial charge in [-0.15, -0.1) is 0 Å². The number of imidazole rings is 1. The Bertz CT molecular complexity index is 2720. The van der Waals surface area contributed by atoms with Crippen LogP contribution in [0.1, 0.15) is 0 Å². The summed E-state index contributed by atoms with van der Waals surface area (Å²) >= 11 is 0. The SMILES string of the molecule is c1ccc2c(c1)nc1c3ccccc3c3oc4ccc(-c5ccc(-c6ccc7oc8ccccc8c7c6)cc5)cc4c3n21. The lowest BCUT2D eigenvalue weighted by Crippen LogP contribution is -1.89. The molecule has 0 N–H and O–H groups in total. The van der Waals surface area contributed by atoms with Crippen molar-refractivity contribution in [3.63, 3.8) is 0 Å². The Morgan fingerprint density at radius 1 is 0.442 bits per heavy atom. The zero-order valence-corrected chi connectivity index (χ0v) is 22.9. The van der Waals surface area contributed by atoms with Crippen molar-refractivity contribution in [2.24, 2.45) is 0 Å². The van der Waals surface area contributed by atoms with E-state index in [1.807, 2.05) is 18.2 Å². The lowest BCUT2D eigenvalue weighted by Gasteiger charge is -2.07. The van der Waals surface area contributed by atoms with Gasteiger partial charge in [0.15, 0.2) is 5.58 Å². The van der Waals surface area contributed by atoms with Gasteiger partial charge < -0.3 is 8.83 Å². The fraction of sp³-hybridized carbons (Fsp3) is 0. The summed E-state index contributed by atoms with van der Waals surface area (Å²) in [6.45, 7) is 0. The summed E-state index contributed by atoms with van der Waals surface area (Å²) in [6, 6.07) is 46.6. The summed E-state index contributed by atoms with van der Waals surface area (Å²) in [5, 5.41) is 5.52. The van der Waals surface area contributed by atoms with Crippen LogP contribution >= 0.6 is 0 Å². The Morgan fingerprint density at radius 2 is 1.02 bits per heavy atom. The van der Waals surface area contributed by atoms with Crippen molar-refractivity contribution in [2.75, 3.05) is 0 Å². The number of fused-ring (bicyclic) bond motifs is 13. The van der Waals surface area contributed by atoms with Crippen molar-refractivity contribution in [1.29, 1.82) is 0 Å². The monoisotopic (exact) mass is 550 g/mol. The van der Waals surface area contributed by atoms with Crippen LogP contribution in [0.5, 0.6) is 0 Å². The highest BCUT2D eigenvalue weighted by atomic mass is 16.3. The van der Waals surface area contributed by atoms with Crippen LogP contribution in [0.2, 0.25) is 0 Å². The molecule has 0 aliphatic heterocycles. The van der Waals surface area contributed by atoms with Crippen molar-refractivity contribution in [1.82, 2.24) is 9.38 Å². The average molecular weight is 551 g/mol. The Kier molecular flexibility index (Phi) is 4.42. The van der Waals surface area contributed by atoms with Crippen molar-refractivity contribution >= 4 is 71.5 Å². The molecule has 6 aromatic carbocycles. The Morgan fingerprint density at radius 3 is 1.81 bits per heavy atom. The van der Waals surface area contributed by atoms with Gasteiger partial charge in [-0.25, -0.2) is 4.98 Å². The second-order valence-corrected chi connectivity index (χ2v) is 11.2. The van der Waals surface area contributed by atoms with Crippen molar-refractivity contribution in [2.45, 2.75) is 0 Å². The fourth-order valence-electron chi connectivity index (χ4n) is 6.74. The maximum atomic E-state index is 6.56. The molecule has 0 spiro atoms. The van der Waals surface area contributed by atoms with Crippen LogP contribution in [0.4, 0.5) is 0 Å². The van der Waals surface area contributed by atoms with Gasteiger partial charge in [0.05, 0.1) is 11.0 Å². The van der Waals surface area contributed by atoms with Gasteiger partial charge in [0, 0.05) is 26.9 Å². The molecule has 10 rings (SSSR count). The van der Waals surface area contributed by atoms with Crippen LogP contribution in [0.3, 0.4) is 0 Å². The van der Waals surface area contributed by atoms with E-state index < -0.39 is 0 Å². The van der Waals surface area contributed by atoms with Gasteiger partial charge in [-0.05, 0) is 64.7 Å². The van der Waals surface area contributed by atoms with E-state index in [9.17, 15) is 0 Å². The zero-order chi connectivity index (χ0) is 28.1. The van der Waals surface area contributed by atoms with E-state index in [1.54, 1.807) is 0 Å². The average Bonchev–Trinajstić information content (AvgIpc) is 3.76. The zero-order valence-electron chi connectivity index (χ0n) is 22.9. The topological polar surface area (TPSA) is 43.6 Å². The lowest BCUT2D eigenvalue weighted by molar-refractivity contribution is 0.669. The first-order chi connectivity index (χ1) is 21.3. The van der Waals surface area contributed by atoms with Gasteiger partial charge in [0.2, 0.25) is 0 Å². The minimum absolute atomic E-state index is 0.867. The van der Waals surface area contributed by atoms with Gasteiger partial charge in [0.1, 0.15) is 27.9 Å². The first kappa shape index (κ1) is 22.8. The largest absolute Gasteiger partial charge is 0.456 e. The fourth-order valence-corrected chi connectivity index (χ4v) is 6.74. The third-order valence-corrected chi connectivity index (χ3v) is 8.79. The number of aromatic nitrogens is 2. The first-order valence-corrected chi connectivity index (χ1v) is 14.5. The molecule has 43 heavy (non-hydrogen) atoms. The summed E-state index contributed by atoms with van der Waals surface area (Å²) in [5.74, 6) is 0. The Balaban J connectivity index is 1.15. The van der Waals surface area contributed by atoms with Crippen LogP contribution in [-0.4, -0.2) is 9.38 Å². The number of furan rings is 2. The van der Waals surface area contributed by atoms with Crippen LogP contribution in [0.15, 0.2) is 142 Å². The molecule has 0 fully saturated rings. The van der Waals surface area contributed by atoms with Crippen LogP contribution in [-0.2, 0) is 0 Å². The van der Waals surface area contributed by atoms with Crippen LogP contribution < -0.4 is 0 Å². The van der Waals surface area contributed by atoms with E-state index in [-0.39, 0.29) is 0 Å². The highest BCUT2D eigenvalue weighted by molar-refractivity contribution is 6.19. The normalized spacial score (nSPS) is 12.2. The predicted molar refractivity (Wildman–Crippen MR) is 176 cm³/mol. The minimum Gasteiger partial charge on any atom is -0.456 e. The molecule has 4 heteroatoms. The first-order valence-electron chi connectivity index (χ1n) is 14.5. The number of pyridine rings is 1. The van der Waals surface area contributed by atoms with E-state index in [0.717, 1.165) is 82.6 Å². The number of para-hydroxylation sites is 3. The van der Waals surface area contributed by atoms with Gasteiger partial charge in [-0.1, -0.05) is 91.0 Å². The van der Waals surface area contributed by atoms with Crippen molar-refractivity contribution in [3.8, 4) is 22.3 Å². The molecular formula is C39H22N2O2. The molecular weight excluding hydrogens is 528 g/mol. The van der Waals surface area contributed by atoms with Gasteiger partial charge >= 0.3 is 0 Å². The van der Waals surface area contributed by atoms with Crippen molar-refractivity contribution < 1.29 is 8.83 Å². The molecule has 0 aliphatic carbocycles. The molecule has 0 radical (unpaired) electrons. The van der Waals surface area contributed by atoms with Gasteiger partial charge in [0.25, 0.3) is 0 Å². The van der Waals surface area contributed by atoms with E-state index in [4.69, 9.17) is 13.8 Å². The number of rotatable bonds is 2. The second-order valence-electron chi connectivity index (χ2n) is 11.2. The lowest BCUT2D eigenvalue weighted by atomic mass is 9.98. The number of benzene rings is 6. The summed E-state index contributed by atoms with van der Waals surface area (Å²) in [7, 11) is 0. The second kappa shape index (κ2) is 8.34. The van der Waals surface area contributed by atoms with E-state index in [1.165, 1.54) is 11.1 Å². The molecule has 0 saturated carbocycles. The van der Waals surface area contributed by atoms with Gasteiger partial charge in [-0.3, -0.25) is 4.40 Å². The van der Waals surface area contributed by atoms with Crippen LogP contribution in [0.25, 0.3) is 93.7 Å². The molecule has 0 saturated heterocycles. The molecule has 200 valence electrons. The highest BCUT2D eigenvalue weighted by Crippen LogP contribution is 2.40. The smallest absolute Gasteiger partial charge is 0.160 e. The Labute approximate surface area is 245 Å². The molecule has 4 heterocycles. The maximum absolute atomic E-state index is 6.56. The predicted octanol–water partition coefficient (Wildman–Crippen LogP) is 10.8. The molecule has 0 amide bonds.